The highest BCUT2D eigenvalue weighted by Crippen LogP contribution is 2.27. The number of hydrogen-bond donors (Lipinski definition) is 0. The second kappa shape index (κ2) is 5.73. The van der Waals surface area contributed by atoms with Gasteiger partial charge in [0, 0.05) is 29.7 Å². The van der Waals surface area contributed by atoms with Crippen LogP contribution in [-0.2, 0) is 4.74 Å². The van der Waals surface area contributed by atoms with Gasteiger partial charge in [0.2, 0.25) is 0 Å². The van der Waals surface area contributed by atoms with Crippen molar-refractivity contribution in [1.82, 2.24) is 4.90 Å². The topological polar surface area (TPSA) is 72.7 Å². The van der Waals surface area contributed by atoms with Gasteiger partial charge in [0.15, 0.2) is 0 Å². The van der Waals surface area contributed by atoms with E-state index >= 15 is 0 Å². The number of non-ortho nitro benzene ring substituents is 1. The molecule has 1 aromatic carbocycles. The molecule has 1 heterocycles. The number of nitro benzene ring substituents is 1. The van der Waals surface area contributed by atoms with Crippen molar-refractivity contribution in [3.8, 4) is 0 Å². The molecule has 1 saturated heterocycles. The molecule has 6 nitrogen and oxygen atoms in total. The fraction of sp³-hybridized carbons (Fsp3) is 0.500. The van der Waals surface area contributed by atoms with Crippen molar-refractivity contribution in [1.29, 1.82) is 0 Å². The quantitative estimate of drug-likeness (QED) is 0.603. The molecule has 1 aliphatic rings. The fourth-order valence-corrected chi connectivity index (χ4v) is 2.99. The van der Waals surface area contributed by atoms with Gasteiger partial charge in [-0.1, -0.05) is 0 Å². The summed E-state index contributed by atoms with van der Waals surface area (Å²) in [5, 5.41) is 10.9. The van der Waals surface area contributed by atoms with Gasteiger partial charge in [-0.3, -0.25) is 14.9 Å². The Morgan fingerprint density at radius 3 is 2.76 bits per heavy atom. The molecule has 1 atom stereocenters. The van der Waals surface area contributed by atoms with Crippen LogP contribution in [0.4, 0.5) is 5.69 Å². The van der Waals surface area contributed by atoms with Crippen molar-refractivity contribution in [2.75, 3.05) is 13.1 Å². The van der Waals surface area contributed by atoms with E-state index < -0.39 is 10.5 Å². The van der Waals surface area contributed by atoms with Crippen molar-refractivity contribution in [2.24, 2.45) is 0 Å². The first-order valence-electron chi connectivity index (χ1n) is 6.60. The molecule has 1 amide bonds. The molecule has 1 aromatic rings. The average molecular weight is 357 g/mol. The standard InChI is InChI=1S/C14H17BrN2O4/c1-9-7-16(8-14(2,3)21-9)13(18)11-6-10(17(19)20)4-5-12(11)15/h4-6,9H,7-8H2,1-3H3. The van der Waals surface area contributed by atoms with E-state index in [1.165, 1.54) is 18.2 Å². The third-order valence-corrected chi connectivity index (χ3v) is 3.94. The summed E-state index contributed by atoms with van der Waals surface area (Å²) in [5.41, 5.74) is -0.225. The molecule has 0 saturated carbocycles. The first kappa shape index (κ1) is 15.9. The number of benzene rings is 1. The van der Waals surface area contributed by atoms with Gasteiger partial charge in [-0.2, -0.15) is 0 Å². The van der Waals surface area contributed by atoms with Crippen LogP contribution in [0.2, 0.25) is 0 Å². The minimum Gasteiger partial charge on any atom is -0.369 e. The van der Waals surface area contributed by atoms with Crippen molar-refractivity contribution < 1.29 is 14.5 Å². The number of ether oxygens (including phenoxy) is 1. The molecule has 0 bridgehead atoms. The van der Waals surface area contributed by atoms with E-state index in [0.29, 0.717) is 23.1 Å². The lowest BCUT2D eigenvalue weighted by atomic mass is 10.0. The van der Waals surface area contributed by atoms with E-state index in [9.17, 15) is 14.9 Å². The summed E-state index contributed by atoms with van der Waals surface area (Å²) in [6.07, 6.45) is -0.0739. The van der Waals surface area contributed by atoms with Gasteiger partial charge >= 0.3 is 0 Å². The Labute approximate surface area is 131 Å². The molecule has 0 spiro atoms. The molecular weight excluding hydrogens is 340 g/mol. The summed E-state index contributed by atoms with van der Waals surface area (Å²) < 4.78 is 6.32. The van der Waals surface area contributed by atoms with Crippen LogP contribution in [0.15, 0.2) is 22.7 Å². The molecule has 21 heavy (non-hydrogen) atoms. The van der Waals surface area contributed by atoms with Crippen molar-refractivity contribution in [3.05, 3.63) is 38.3 Å². The number of nitrogens with zero attached hydrogens (tertiary/aromatic N) is 2. The Morgan fingerprint density at radius 1 is 1.52 bits per heavy atom. The van der Waals surface area contributed by atoms with Crippen LogP contribution in [-0.4, -0.2) is 40.5 Å². The molecule has 1 aliphatic heterocycles. The maximum absolute atomic E-state index is 12.6. The molecule has 7 heteroatoms. The van der Waals surface area contributed by atoms with Gasteiger partial charge in [0.05, 0.1) is 22.2 Å². The number of morpholine rings is 1. The zero-order valence-electron chi connectivity index (χ0n) is 12.1. The maximum atomic E-state index is 12.6. The number of amides is 1. The molecular formula is C14H17BrN2O4. The maximum Gasteiger partial charge on any atom is 0.270 e. The van der Waals surface area contributed by atoms with E-state index in [2.05, 4.69) is 15.9 Å². The minimum atomic E-state index is -0.505. The van der Waals surface area contributed by atoms with Gasteiger partial charge in [0.25, 0.3) is 11.6 Å². The number of hydrogen-bond acceptors (Lipinski definition) is 4. The molecule has 0 aliphatic carbocycles. The highest BCUT2D eigenvalue weighted by molar-refractivity contribution is 9.10. The second-order valence-electron chi connectivity index (χ2n) is 5.80. The van der Waals surface area contributed by atoms with Crippen LogP contribution >= 0.6 is 15.9 Å². The normalized spacial score (nSPS) is 21.1. The molecule has 1 unspecified atom stereocenters. The van der Waals surface area contributed by atoms with Crippen LogP contribution in [0.1, 0.15) is 31.1 Å². The van der Waals surface area contributed by atoms with Gasteiger partial charge in [0.1, 0.15) is 0 Å². The smallest absolute Gasteiger partial charge is 0.270 e. The molecule has 114 valence electrons. The van der Waals surface area contributed by atoms with Gasteiger partial charge in [-0.05, 0) is 42.8 Å². The molecule has 0 N–H and O–H groups in total. The van der Waals surface area contributed by atoms with Gasteiger partial charge in [-0.25, -0.2) is 0 Å². The lowest BCUT2D eigenvalue weighted by Gasteiger charge is -2.41. The average Bonchev–Trinajstić information content (AvgIpc) is 2.35. The number of rotatable bonds is 2. The summed E-state index contributed by atoms with van der Waals surface area (Å²) in [4.78, 5) is 24.7. The Kier molecular flexibility index (Phi) is 4.34. The van der Waals surface area contributed by atoms with E-state index in [1.54, 1.807) is 4.90 Å². The highest BCUT2D eigenvalue weighted by atomic mass is 79.9. The predicted molar refractivity (Wildman–Crippen MR) is 81.3 cm³/mol. The van der Waals surface area contributed by atoms with Crippen molar-refractivity contribution >= 4 is 27.5 Å². The number of carbonyl (C=O) groups excluding carboxylic acids is 1. The van der Waals surface area contributed by atoms with Crippen LogP contribution < -0.4 is 0 Å². The van der Waals surface area contributed by atoms with Crippen molar-refractivity contribution in [3.63, 3.8) is 0 Å². The molecule has 0 aromatic heterocycles. The largest absolute Gasteiger partial charge is 0.369 e. The number of halogens is 1. The van der Waals surface area contributed by atoms with Crippen LogP contribution in [0.25, 0.3) is 0 Å². The minimum absolute atomic E-state index is 0.0739. The predicted octanol–water partition coefficient (Wildman–Crippen LogP) is 3.00. The number of carbonyl (C=O) groups is 1. The van der Waals surface area contributed by atoms with Crippen LogP contribution in [0, 0.1) is 10.1 Å². The van der Waals surface area contributed by atoms with E-state index in [4.69, 9.17) is 4.74 Å². The fourth-order valence-electron chi connectivity index (χ4n) is 2.57. The van der Waals surface area contributed by atoms with E-state index in [1.807, 2.05) is 20.8 Å². The molecule has 1 fully saturated rings. The SMILES string of the molecule is CC1CN(C(=O)c2cc([N+](=O)[O-])ccc2Br)CC(C)(C)O1. The number of nitro groups is 1. The third-order valence-electron chi connectivity index (χ3n) is 3.25. The van der Waals surface area contributed by atoms with Crippen LogP contribution in [0.5, 0.6) is 0 Å². The lowest BCUT2D eigenvalue weighted by molar-refractivity contribution is -0.384. The Morgan fingerprint density at radius 2 is 2.19 bits per heavy atom. The Balaban J connectivity index is 2.31. The summed E-state index contributed by atoms with van der Waals surface area (Å²) in [7, 11) is 0. The summed E-state index contributed by atoms with van der Waals surface area (Å²) >= 11 is 3.29. The monoisotopic (exact) mass is 356 g/mol. The van der Waals surface area contributed by atoms with Crippen LogP contribution in [0.3, 0.4) is 0 Å². The highest BCUT2D eigenvalue weighted by Gasteiger charge is 2.34. The zero-order chi connectivity index (χ0) is 15.8. The third kappa shape index (κ3) is 3.59. The second-order valence-corrected chi connectivity index (χ2v) is 6.65. The molecule has 2 rings (SSSR count). The first-order valence-corrected chi connectivity index (χ1v) is 7.40. The Hall–Kier alpha value is -1.47. The van der Waals surface area contributed by atoms with Gasteiger partial charge < -0.3 is 9.64 Å². The zero-order valence-corrected chi connectivity index (χ0v) is 13.7. The summed E-state index contributed by atoms with van der Waals surface area (Å²) in [5.74, 6) is -0.228. The van der Waals surface area contributed by atoms with E-state index in [0.717, 1.165) is 0 Å². The Bertz CT molecular complexity index is 588. The summed E-state index contributed by atoms with van der Waals surface area (Å²) in [6.45, 7) is 6.67. The lowest BCUT2D eigenvalue weighted by Crippen LogP contribution is -2.53. The van der Waals surface area contributed by atoms with Gasteiger partial charge in [-0.15, -0.1) is 0 Å². The first-order chi connectivity index (χ1) is 9.69. The van der Waals surface area contributed by atoms with Crippen molar-refractivity contribution in [2.45, 2.75) is 32.5 Å². The van der Waals surface area contributed by atoms with E-state index in [-0.39, 0.29) is 17.7 Å². The molecule has 0 radical (unpaired) electrons. The summed E-state index contributed by atoms with van der Waals surface area (Å²) in [6, 6.07) is 4.20.